The summed E-state index contributed by atoms with van der Waals surface area (Å²) in [4.78, 5) is 15.5. The van der Waals surface area contributed by atoms with Crippen LogP contribution in [0.3, 0.4) is 0 Å². The minimum atomic E-state index is -0.400. The summed E-state index contributed by atoms with van der Waals surface area (Å²) in [7, 11) is 3.20. The summed E-state index contributed by atoms with van der Waals surface area (Å²) in [5.74, 6) is 1.10. The summed E-state index contributed by atoms with van der Waals surface area (Å²) >= 11 is 5.73. The van der Waals surface area contributed by atoms with Gasteiger partial charge in [-0.15, -0.1) is 0 Å². The third-order valence-electron chi connectivity index (χ3n) is 5.55. The number of para-hydroxylation sites is 2. The summed E-state index contributed by atoms with van der Waals surface area (Å²) in [6.45, 7) is 1.91. The van der Waals surface area contributed by atoms with Gasteiger partial charge in [-0.3, -0.25) is 9.69 Å². The second kappa shape index (κ2) is 9.75. The Balaban J connectivity index is 1.79. The molecule has 7 heteroatoms. The first kappa shape index (κ1) is 22.4. The van der Waals surface area contributed by atoms with Gasteiger partial charge in [0, 0.05) is 11.4 Å². The third-order valence-corrected chi connectivity index (χ3v) is 5.85. The lowest BCUT2D eigenvalue weighted by atomic mass is 9.94. The number of thiocarbonyl (C=S) groups is 1. The standard InChI is InChI=1S/C26H25N3O3S/c1-17-23(25(30)27-21-11-7-8-12-22(21)32-3)24(18-9-5-4-6-10-18)28-26(33)29(17)19-13-15-20(31-2)16-14-19/h4-16,24H,1-3H3,(H,27,30)(H,28,33). The quantitative estimate of drug-likeness (QED) is 0.503. The van der Waals surface area contributed by atoms with Crippen LogP contribution in [0.4, 0.5) is 11.4 Å². The number of benzene rings is 3. The molecule has 3 aromatic rings. The van der Waals surface area contributed by atoms with Gasteiger partial charge in [0.05, 0.1) is 31.5 Å². The molecule has 0 aliphatic carbocycles. The second-order valence-corrected chi connectivity index (χ2v) is 7.87. The lowest BCUT2D eigenvalue weighted by Gasteiger charge is -2.38. The van der Waals surface area contributed by atoms with Gasteiger partial charge in [-0.1, -0.05) is 42.5 Å². The van der Waals surface area contributed by atoms with Crippen molar-refractivity contribution in [3.05, 3.63) is 95.7 Å². The predicted molar refractivity (Wildman–Crippen MR) is 135 cm³/mol. The fraction of sp³-hybridized carbons (Fsp3) is 0.154. The molecular formula is C26H25N3O3S. The number of rotatable bonds is 6. The Morgan fingerprint density at radius 1 is 0.939 bits per heavy atom. The normalized spacial score (nSPS) is 15.7. The fourth-order valence-electron chi connectivity index (χ4n) is 3.91. The molecule has 0 aromatic heterocycles. The van der Waals surface area contributed by atoms with Gasteiger partial charge in [-0.2, -0.15) is 0 Å². The van der Waals surface area contributed by atoms with Crippen LogP contribution in [0, 0.1) is 0 Å². The van der Waals surface area contributed by atoms with Gasteiger partial charge in [0.1, 0.15) is 11.5 Å². The van der Waals surface area contributed by atoms with Crippen molar-refractivity contribution in [3.8, 4) is 11.5 Å². The van der Waals surface area contributed by atoms with Gasteiger partial charge in [0.2, 0.25) is 0 Å². The summed E-state index contributed by atoms with van der Waals surface area (Å²) < 4.78 is 10.7. The van der Waals surface area contributed by atoms with Crippen molar-refractivity contribution in [1.29, 1.82) is 0 Å². The number of anilines is 2. The zero-order valence-corrected chi connectivity index (χ0v) is 19.5. The van der Waals surface area contributed by atoms with E-state index in [0.717, 1.165) is 22.7 Å². The molecule has 2 N–H and O–H groups in total. The fourth-order valence-corrected chi connectivity index (χ4v) is 4.27. The molecule has 33 heavy (non-hydrogen) atoms. The van der Waals surface area contributed by atoms with Crippen molar-refractivity contribution in [2.45, 2.75) is 13.0 Å². The Hall–Kier alpha value is -3.84. The number of carbonyl (C=O) groups excluding carboxylic acids is 1. The van der Waals surface area contributed by atoms with Gasteiger partial charge in [-0.25, -0.2) is 0 Å². The van der Waals surface area contributed by atoms with Crippen molar-refractivity contribution in [2.75, 3.05) is 24.4 Å². The van der Waals surface area contributed by atoms with E-state index in [9.17, 15) is 4.79 Å². The minimum Gasteiger partial charge on any atom is -0.497 e. The van der Waals surface area contributed by atoms with Crippen LogP contribution in [0.1, 0.15) is 18.5 Å². The molecular weight excluding hydrogens is 434 g/mol. The van der Waals surface area contributed by atoms with Gasteiger partial charge in [-0.05, 0) is 61.1 Å². The van der Waals surface area contributed by atoms with E-state index in [0.29, 0.717) is 22.1 Å². The molecule has 1 amide bonds. The monoisotopic (exact) mass is 459 g/mol. The number of hydrogen-bond acceptors (Lipinski definition) is 4. The largest absolute Gasteiger partial charge is 0.497 e. The maximum atomic E-state index is 13.7. The van der Waals surface area contributed by atoms with E-state index in [1.165, 1.54) is 0 Å². The van der Waals surface area contributed by atoms with Crippen molar-refractivity contribution < 1.29 is 14.3 Å². The van der Waals surface area contributed by atoms with Gasteiger partial charge in [0.25, 0.3) is 5.91 Å². The van der Waals surface area contributed by atoms with E-state index >= 15 is 0 Å². The van der Waals surface area contributed by atoms with Crippen LogP contribution >= 0.6 is 12.2 Å². The number of ether oxygens (including phenoxy) is 2. The first-order chi connectivity index (χ1) is 16.0. The molecule has 6 nitrogen and oxygen atoms in total. The molecule has 3 aromatic carbocycles. The lowest BCUT2D eigenvalue weighted by molar-refractivity contribution is -0.113. The van der Waals surface area contributed by atoms with Crippen LogP contribution < -0.4 is 25.0 Å². The Morgan fingerprint density at radius 3 is 2.27 bits per heavy atom. The van der Waals surface area contributed by atoms with Crippen LogP contribution in [0.25, 0.3) is 0 Å². The van der Waals surface area contributed by atoms with Gasteiger partial charge < -0.3 is 20.1 Å². The number of methoxy groups -OCH3 is 2. The minimum absolute atomic E-state index is 0.237. The number of allylic oxidation sites excluding steroid dienone is 1. The number of amides is 1. The third kappa shape index (κ3) is 4.54. The molecule has 1 aliphatic rings. The average molecular weight is 460 g/mol. The highest BCUT2D eigenvalue weighted by atomic mass is 32.1. The molecule has 4 rings (SSSR count). The Morgan fingerprint density at radius 2 is 1.61 bits per heavy atom. The van der Waals surface area contributed by atoms with Gasteiger partial charge >= 0.3 is 0 Å². The summed E-state index contributed by atoms with van der Waals surface area (Å²) in [6.07, 6.45) is 0. The maximum absolute atomic E-state index is 13.7. The molecule has 1 atom stereocenters. The van der Waals surface area contributed by atoms with Crippen molar-refractivity contribution in [1.82, 2.24) is 5.32 Å². The number of carbonyl (C=O) groups is 1. The Labute approximate surface area is 198 Å². The van der Waals surface area contributed by atoms with Crippen molar-refractivity contribution in [3.63, 3.8) is 0 Å². The van der Waals surface area contributed by atoms with Crippen molar-refractivity contribution >= 4 is 34.6 Å². The summed E-state index contributed by atoms with van der Waals surface area (Å²) in [5, 5.41) is 6.89. The van der Waals surface area contributed by atoms with E-state index in [1.54, 1.807) is 14.2 Å². The van der Waals surface area contributed by atoms with Gasteiger partial charge in [0.15, 0.2) is 5.11 Å². The second-order valence-electron chi connectivity index (χ2n) is 7.48. The first-order valence-corrected chi connectivity index (χ1v) is 10.9. The zero-order valence-electron chi connectivity index (χ0n) is 18.7. The lowest BCUT2D eigenvalue weighted by Crippen LogP contribution is -2.48. The van der Waals surface area contributed by atoms with E-state index in [2.05, 4.69) is 10.6 Å². The summed E-state index contributed by atoms with van der Waals surface area (Å²) in [6, 6.07) is 24.3. The highest BCUT2D eigenvalue weighted by Gasteiger charge is 2.34. The van der Waals surface area contributed by atoms with E-state index < -0.39 is 6.04 Å². The molecule has 0 spiro atoms. The van der Waals surface area contributed by atoms with E-state index in [1.807, 2.05) is 90.7 Å². The zero-order chi connectivity index (χ0) is 23.4. The molecule has 168 valence electrons. The number of nitrogens with zero attached hydrogens (tertiary/aromatic N) is 1. The summed E-state index contributed by atoms with van der Waals surface area (Å²) in [5.41, 5.74) is 3.68. The molecule has 0 fully saturated rings. The van der Waals surface area contributed by atoms with Crippen LogP contribution in [0.2, 0.25) is 0 Å². The van der Waals surface area contributed by atoms with E-state index in [-0.39, 0.29) is 5.91 Å². The van der Waals surface area contributed by atoms with E-state index in [4.69, 9.17) is 21.7 Å². The molecule has 1 unspecified atom stereocenters. The first-order valence-electron chi connectivity index (χ1n) is 10.5. The highest BCUT2D eigenvalue weighted by molar-refractivity contribution is 7.80. The SMILES string of the molecule is COc1ccc(N2C(=S)NC(c3ccccc3)C(C(=O)Nc3ccccc3OC)=C2C)cc1. The average Bonchev–Trinajstić information content (AvgIpc) is 2.85. The predicted octanol–water partition coefficient (Wildman–Crippen LogP) is 5.05. The molecule has 0 bridgehead atoms. The van der Waals surface area contributed by atoms with Crippen LogP contribution in [-0.4, -0.2) is 25.2 Å². The molecule has 1 heterocycles. The maximum Gasteiger partial charge on any atom is 0.255 e. The topological polar surface area (TPSA) is 62.8 Å². The van der Waals surface area contributed by atoms with Crippen LogP contribution in [0.5, 0.6) is 11.5 Å². The van der Waals surface area contributed by atoms with Crippen LogP contribution in [0.15, 0.2) is 90.1 Å². The molecule has 0 saturated heterocycles. The molecule has 1 aliphatic heterocycles. The Kier molecular flexibility index (Phi) is 6.60. The smallest absolute Gasteiger partial charge is 0.255 e. The number of hydrogen-bond donors (Lipinski definition) is 2. The molecule has 0 saturated carbocycles. The van der Waals surface area contributed by atoms with Crippen molar-refractivity contribution in [2.24, 2.45) is 0 Å². The highest BCUT2D eigenvalue weighted by Crippen LogP contribution is 2.35. The van der Waals surface area contributed by atoms with Crippen LogP contribution in [-0.2, 0) is 4.79 Å². The Bertz CT molecular complexity index is 1190. The molecule has 0 radical (unpaired) electrons. The number of nitrogens with one attached hydrogen (secondary N) is 2.